The molecule has 2 rings (SSSR count). The smallest absolute Gasteiger partial charge is 0.267 e. The van der Waals surface area contributed by atoms with Gasteiger partial charge in [-0.1, -0.05) is 11.4 Å². The van der Waals surface area contributed by atoms with Crippen LogP contribution in [0.15, 0.2) is 0 Å². The lowest BCUT2D eigenvalue weighted by Crippen LogP contribution is -2.41. The predicted molar refractivity (Wildman–Crippen MR) is 77.8 cm³/mol. The van der Waals surface area contributed by atoms with Crippen LogP contribution in [0.3, 0.4) is 0 Å². The van der Waals surface area contributed by atoms with Crippen molar-refractivity contribution in [2.75, 3.05) is 26.2 Å². The molecule has 1 aliphatic rings. The number of aryl methyl sites for hydroxylation is 1. The normalized spacial score (nSPS) is 16.6. The van der Waals surface area contributed by atoms with E-state index in [0.29, 0.717) is 18.0 Å². The number of nitrogens with two attached hydrogens (primary N) is 1. The Morgan fingerprint density at radius 1 is 1.50 bits per heavy atom. The van der Waals surface area contributed by atoms with E-state index in [1.807, 2.05) is 11.8 Å². The van der Waals surface area contributed by atoms with Crippen molar-refractivity contribution in [3.05, 3.63) is 10.6 Å². The Bertz CT molecular complexity index is 430. The fourth-order valence-electron chi connectivity index (χ4n) is 2.30. The molecule has 2 heterocycles. The standard InChI is InChI=1S/C13H22N4O2S/c1-2-11-12(20-16-15-11)13(18)17-7-4-10(5-8-17)19-9-3-6-14/h10H,2-9,14H2,1H3. The number of ether oxygens (including phenoxy) is 1. The molecule has 6 nitrogen and oxygen atoms in total. The van der Waals surface area contributed by atoms with E-state index in [0.717, 1.165) is 44.5 Å². The summed E-state index contributed by atoms with van der Waals surface area (Å²) in [4.78, 5) is 15.0. The maximum atomic E-state index is 12.4. The first-order valence-corrected chi connectivity index (χ1v) is 7.95. The van der Waals surface area contributed by atoms with Gasteiger partial charge in [0.25, 0.3) is 5.91 Å². The molecule has 1 fully saturated rings. The maximum absolute atomic E-state index is 12.4. The van der Waals surface area contributed by atoms with Crippen LogP contribution in [0, 0.1) is 0 Å². The van der Waals surface area contributed by atoms with Crippen molar-refractivity contribution >= 4 is 17.4 Å². The van der Waals surface area contributed by atoms with E-state index in [1.54, 1.807) is 0 Å². The highest BCUT2D eigenvalue weighted by Crippen LogP contribution is 2.19. The predicted octanol–water partition coefficient (Wildman–Crippen LogP) is 1.07. The first kappa shape index (κ1) is 15.3. The van der Waals surface area contributed by atoms with Crippen molar-refractivity contribution in [1.82, 2.24) is 14.5 Å². The van der Waals surface area contributed by atoms with Crippen LogP contribution >= 0.6 is 11.5 Å². The van der Waals surface area contributed by atoms with Crippen LogP contribution in [0.1, 0.15) is 41.6 Å². The van der Waals surface area contributed by atoms with Crippen LogP contribution < -0.4 is 5.73 Å². The monoisotopic (exact) mass is 298 g/mol. The number of hydrogen-bond acceptors (Lipinski definition) is 6. The second-order valence-electron chi connectivity index (χ2n) is 4.91. The molecule has 1 aromatic heterocycles. The number of amides is 1. The molecule has 1 saturated heterocycles. The van der Waals surface area contributed by atoms with E-state index in [-0.39, 0.29) is 12.0 Å². The van der Waals surface area contributed by atoms with Crippen molar-refractivity contribution in [2.24, 2.45) is 5.73 Å². The topological polar surface area (TPSA) is 81.3 Å². The van der Waals surface area contributed by atoms with E-state index in [2.05, 4.69) is 9.59 Å². The minimum atomic E-state index is 0.0669. The molecule has 0 atom stereocenters. The summed E-state index contributed by atoms with van der Waals surface area (Å²) in [5.41, 5.74) is 6.25. The van der Waals surface area contributed by atoms with Gasteiger partial charge in [0, 0.05) is 19.7 Å². The number of nitrogens with zero attached hydrogens (tertiary/aromatic N) is 3. The van der Waals surface area contributed by atoms with Crippen LogP contribution in [0.25, 0.3) is 0 Å². The molecule has 1 aliphatic heterocycles. The molecule has 112 valence electrons. The summed E-state index contributed by atoms with van der Waals surface area (Å²) in [5.74, 6) is 0.0669. The quantitative estimate of drug-likeness (QED) is 0.795. The van der Waals surface area contributed by atoms with Gasteiger partial charge >= 0.3 is 0 Å². The molecular formula is C13H22N4O2S. The van der Waals surface area contributed by atoms with E-state index >= 15 is 0 Å². The van der Waals surface area contributed by atoms with Crippen LogP contribution in [0.5, 0.6) is 0 Å². The second-order valence-corrected chi connectivity index (χ2v) is 5.66. The fraction of sp³-hybridized carbons (Fsp3) is 0.769. The molecule has 0 aliphatic carbocycles. The Kier molecular flexibility index (Phi) is 5.87. The summed E-state index contributed by atoms with van der Waals surface area (Å²) in [6, 6.07) is 0. The number of carbonyl (C=O) groups excluding carboxylic acids is 1. The van der Waals surface area contributed by atoms with Crippen molar-refractivity contribution < 1.29 is 9.53 Å². The maximum Gasteiger partial charge on any atom is 0.267 e. The summed E-state index contributed by atoms with van der Waals surface area (Å²) in [7, 11) is 0. The molecule has 2 N–H and O–H groups in total. The first-order chi connectivity index (χ1) is 9.76. The molecule has 0 saturated carbocycles. The van der Waals surface area contributed by atoms with E-state index < -0.39 is 0 Å². The van der Waals surface area contributed by atoms with Gasteiger partial charge in [-0.3, -0.25) is 4.79 Å². The number of piperidine rings is 1. The lowest BCUT2D eigenvalue weighted by atomic mass is 10.1. The van der Waals surface area contributed by atoms with Gasteiger partial charge in [-0.25, -0.2) is 0 Å². The van der Waals surface area contributed by atoms with Gasteiger partial charge in [-0.2, -0.15) is 0 Å². The summed E-state index contributed by atoms with van der Waals surface area (Å²) < 4.78 is 9.63. The zero-order valence-electron chi connectivity index (χ0n) is 11.9. The summed E-state index contributed by atoms with van der Waals surface area (Å²) in [5, 5.41) is 4.00. The first-order valence-electron chi connectivity index (χ1n) is 7.18. The number of rotatable bonds is 6. The van der Waals surface area contributed by atoms with E-state index in [1.165, 1.54) is 11.5 Å². The average molecular weight is 298 g/mol. The van der Waals surface area contributed by atoms with Gasteiger partial charge in [-0.15, -0.1) is 5.10 Å². The lowest BCUT2D eigenvalue weighted by Gasteiger charge is -2.31. The van der Waals surface area contributed by atoms with Gasteiger partial charge in [0.15, 0.2) is 0 Å². The number of carbonyl (C=O) groups is 1. The third-order valence-electron chi connectivity index (χ3n) is 3.52. The molecule has 0 bridgehead atoms. The third kappa shape index (κ3) is 3.74. The zero-order chi connectivity index (χ0) is 14.4. The number of hydrogen-bond donors (Lipinski definition) is 1. The Balaban J connectivity index is 1.83. The number of likely N-dealkylation sites (tertiary alicyclic amines) is 1. The second kappa shape index (κ2) is 7.66. The molecule has 1 amide bonds. The Hall–Kier alpha value is -1.05. The lowest BCUT2D eigenvalue weighted by molar-refractivity contribution is 0.00855. The SMILES string of the molecule is CCc1nnsc1C(=O)N1CCC(OCCCN)CC1. The molecule has 7 heteroatoms. The minimum absolute atomic E-state index is 0.0669. The van der Waals surface area contributed by atoms with Crippen molar-refractivity contribution in [3.8, 4) is 0 Å². The minimum Gasteiger partial charge on any atom is -0.378 e. The average Bonchev–Trinajstić information content (AvgIpc) is 2.96. The molecular weight excluding hydrogens is 276 g/mol. The van der Waals surface area contributed by atoms with E-state index in [9.17, 15) is 4.79 Å². The van der Waals surface area contributed by atoms with Gasteiger partial charge in [0.05, 0.1) is 11.8 Å². The van der Waals surface area contributed by atoms with Crippen molar-refractivity contribution in [1.29, 1.82) is 0 Å². The molecule has 0 unspecified atom stereocenters. The van der Waals surface area contributed by atoms with Gasteiger partial charge in [0.1, 0.15) is 4.88 Å². The van der Waals surface area contributed by atoms with Crippen LogP contribution in [-0.4, -0.2) is 52.7 Å². The van der Waals surface area contributed by atoms with E-state index in [4.69, 9.17) is 10.5 Å². The molecule has 20 heavy (non-hydrogen) atoms. The molecule has 0 radical (unpaired) electrons. The highest BCUT2D eigenvalue weighted by atomic mass is 32.1. The highest BCUT2D eigenvalue weighted by molar-refractivity contribution is 7.08. The zero-order valence-corrected chi connectivity index (χ0v) is 12.7. The van der Waals surface area contributed by atoms with Gasteiger partial charge in [0.2, 0.25) is 0 Å². The van der Waals surface area contributed by atoms with Crippen molar-refractivity contribution in [2.45, 2.75) is 38.7 Å². The largest absolute Gasteiger partial charge is 0.378 e. The Labute approximate surface area is 123 Å². The van der Waals surface area contributed by atoms with Crippen molar-refractivity contribution in [3.63, 3.8) is 0 Å². The van der Waals surface area contributed by atoms with Gasteiger partial charge in [-0.05, 0) is 43.8 Å². The van der Waals surface area contributed by atoms with Crippen LogP contribution in [0.2, 0.25) is 0 Å². The summed E-state index contributed by atoms with van der Waals surface area (Å²) in [6.45, 7) is 4.86. The molecule has 0 spiro atoms. The third-order valence-corrected chi connectivity index (χ3v) is 4.27. The Morgan fingerprint density at radius 2 is 2.25 bits per heavy atom. The van der Waals surface area contributed by atoms with Gasteiger partial charge < -0.3 is 15.4 Å². The van der Waals surface area contributed by atoms with Crippen LogP contribution in [0.4, 0.5) is 0 Å². The Morgan fingerprint density at radius 3 is 2.90 bits per heavy atom. The number of aromatic nitrogens is 2. The van der Waals surface area contributed by atoms with Crippen LogP contribution in [-0.2, 0) is 11.2 Å². The fourth-order valence-corrected chi connectivity index (χ4v) is 3.02. The summed E-state index contributed by atoms with van der Waals surface area (Å²) in [6.07, 6.45) is 3.69. The summed E-state index contributed by atoms with van der Waals surface area (Å²) >= 11 is 1.20. The molecule has 0 aromatic carbocycles. The highest BCUT2D eigenvalue weighted by Gasteiger charge is 2.26. The molecule has 1 aromatic rings.